The van der Waals surface area contributed by atoms with E-state index in [-0.39, 0.29) is 22.7 Å². The largest absolute Gasteiger partial charge is 0.389 e. The number of rotatable bonds is 4. The highest BCUT2D eigenvalue weighted by Crippen LogP contribution is 2.20. The second-order valence-corrected chi connectivity index (χ2v) is 5.93. The van der Waals surface area contributed by atoms with E-state index >= 15 is 0 Å². The van der Waals surface area contributed by atoms with Crippen LogP contribution < -0.4 is 5.32 Å². The topological polar surface area (TPSA) is 82.5 Å². The van der Waals surface area contributed by atoms with Gasteiger partial charge in [-0.3, -0.25) is 9.59 Å². The molecule has 1 aliphatic rings. The number of likely N-dealkylation sites (tertiary alicyclic amines) is 1. The number of amides is 2. The molecule has 2 N–H and O–H groups in total. The third-order valence-electron chi connectivity index (χ3n) is 3.24. The SMILES string of the molecule is [2H]C([2H])([2H])C(O)(CNC(=O)c1nc(C(=O)N2CCC[C@@H]2C)cs1)C([2H])([2H])[2H]. The van der Waals surface area contributed by atoms with Crippen LogP contribution in [0.5, 0.6) is 0 Å². The molecular weight excluding hydrogens is 290 g/mol. The predicted octanol–water partition coefficient (Wildman–Crippen LogP) is 1.27. The Balaban J connectivity index is 2.09. The molecule has 0 saturated carbocycles. The number of aromatic nitrogens is 1. The van der Waals surface area contributed by atoms with Crippen molar-refractivity contribution < 1.29 is 22.9 Å². The Kier molecular flexibility index (Phi) is 2.77. The Morgan fingerprint density at radius 1 is 1.67 bits per heavy atom. The zero-order valence-corrected chi connectivity index (χ0v) is 12.4. The maximum atomic E-state index is 12.4. The molecule has 0 radical (unpaired) electrons. The highest BCUT2D eigenvalue weighted by atomic mass is 32.1. The molecule has 1 aromatic heterocycles. The van der Waals surface area contributed by atoms with Crippen molar-refractivity contribution in [1.82, 2.24) is 15.2 Å². The zero-order valence-electron chi connectivity index (χ0n) is 17.5. The summed E-state index contributed by atoms with van der Waals surface area (Å²) in [5.74, 6) is -1.16. The van der Waals surface area contributed by atoms with Crippen LogP contribution in [0.3, 0.4) is 0 Å². The van der Waals surface area contributed by atoms with Crippen LogP contribution in [0.25, 0.3) is 0 Å². The maximum absolute atomic E-state index is 12.4. The van der Waals surface area contributed by atoms with Crippen LogP contribution in [-0.4, -0.2) is 51.5 Å². The molecule has 0 aliphatic carbocycles. The van der Waals surface area contributed by atoms with Crippen LogP contribution in [0.1, 0.15) is 62.0 Å². The summed E-state index contributed by atoms with van der Waals surface area (Å²) in [5.41, 5.74) is -3.00. The van der Waals surface area contributed by atoms with Gasteiger partial charge in [0.2, 0.25) is 0 Å². The van der Waals surface area contributed by atoms with Crippen molar-refractivity contribution in [1.29, 1.82) is 0 Å². The molecule has 0 bridgehead atoms. The summed E-state index contributed by atoms with van der Waals surface area (Å²) in [6, 6.07) is 0.0880. The summed E-state index contributed by atoms with van der Waals surface area (Å²) >= 11 is 0.878. The van der Waals surface area contributed by atoms with Crippen LogP contribution in [0.15, 0.2) is 5.38 Å². The molecule has 0 unspecified atom stereocenters. The molecular formula is C14H21N3O3S. The van der Waals surface area contributed by atoms with E-state index in [1.807, 2.05) is 6.92 Å². The monoisotopic (exact) mass is 317 g/mol. The summed E-state index contributed by atoms with van der Waals surface area (Å²) in [6.07, 6.45) is 1.79. The van der Waals surface area contributed by atoms with Crippen molar-refractivity contribution in [2.24, 2.45) is 0 Å². The molecule has 116 valence electrons. The Morgan fingerprint density at radius 3 is 3.05 bits per heavy atom. The molecule has 0 aromatic carbocycles. The van der Waals surface area contributed by atoms with Gasteiger partial charge < -0.3 is 15.3 Å². The maximum Gasteiger partial charge on any atom is 0.280 e. The number of nitrogens with one attached hydrogen (secondary N) is 1. The lowest BCUT2D eigenvalue weighted by molar-refractivity contribution is 0.0692. The third kappa shape index (κ3) is 4.01. The third-order valence-corrected chi connectivity index (χ3v) is 4.08. The molecule has 21 heavy (non-hydrogen) atoms. The van der Waals surface area contributed by atoms with E-state index in [0.717, 1.165) is 24.2 Å². The summed E-state index contributed by atoms with van der Waals surface area (Å²) in [5, 5.41) is 13.5. The van der Waals surface area contributed by atoms with Gasteiger partial charge in [0.1, 0.15) is 5.69 Å². The minimum Gasteiger partial charge on any atom is -0.389 e. The lowest BCUT2D eigenvalue weighted by Crippen LogP contribution is -2.38. The number of carbonyl (C=O) groups is 2. The molecule has 6 nitrogen and oxygen atoms in total. The summed E-state index contributed by atoms with van der Waals surface area (Å²) < 4.78 is 43.6. The second kappa shape index (κ2) is 6.11. The second-order valence-electron chi connectivity index (χ2n) is 5.07. The minimum absolute atomic E-state index is 0.0880. The number of hydrogen-bond donors (Lipinski definition) is 2. The number of hydrogen-bond acceptors (Lipinski definition) is 5. The molecule has 2 heterocycles. The molecule has 1 atom stereocenters. The van der Waals surface area contributed by atoms with E-state index in [2.05, 4.69) is 10.3 Å². The van der Waals surface area contributed by atoms with Crippen molar-refractivity contribution in [2.45, 2.75) is 45.1 Å². The first-order valence-electron chi connectivity index (χ1n) is 9.55. The van der Waals surface area contributed by atoms with Crippen LogP contribution in [0, 0.1) is 0 Å². The van der Waals surface area contributed by atoms with Gasteiger partial charge in [0.15, 0.2) is 5.01 Å². The predicted molar refractivity (Wildman–Crippen MR) is 80.5 cm³/mol. The molecule has 7 heteroatoms. The van der Waals surface area contributed by atoms with E-state index < -0.39 is 31.8 Å². The van der Waals surface area contributed by atoms with Crippen molar-refractivity contribution in [3.63, 3.8) is 0 Å². The number of carbonyl (C=O) groups excluding carboxylic acids is 2. The number of nitrogens with zero attached hydrogens (tertiary/aromatic N) is 2. The van der Waals surface area contributed by atoms with Crippen molar-refractivity contribution >= 4 is 23.2 Å². The molecule has 2 rings (SSSR count). The molecule has 1 fully saturated rings. The molecule has 2 amide bonds. The molecule has 1 aliphatic heterocycles. The Morgan fingerprint density at radius 2 is 2.43 bits per heavy atom. The summed E-state index contributed by atoms with van der Waals surface area (Å²) in [4.78, 5) is 30.3. The first kappa shape index (κ1) is 9.53. The van der Waals surface area contributed by atoms with Crippen molar-refractivity contribution in [3.05, 3.63) is 16.1 Å². The highest BCUT2D eigenvalue weighted by Gasteiger charge is 2.28. The smallest absolute Gasteiger partial charge is 0.280 e. The average molecular weight is 317 g/mol. The lowest BCUT2D eigenvalue weighted by Gasteiger charge is -2.20. The van der Waals surface area contributed by atoms with Gasteiger partial charge >= 0.3 is 0 Å². The van der Waals surface area contributed by atoms with Gasteiger partial charge in [0, 0.05) is 32.7 Å². The minimum atomic E-state index is -3.23. The van der Waals surface area contributed by atoms with E-state index in [0.29, 0.717) is 6.54 Å². The van der Waals surface area contributed by atoms with E-state index in [4.69, 9.17) is 8.22 Å². The van der Waals surface area contributed by atoms with Crippen LogP contribution in [-0.2, 0) is 0 Å². The van der Waals surface area contributed by atoms with E-state index in [1.165, 1.54) is 5.38 Å². The fourth-order valence-electron chi connectivity index (χ4n) is 2.14. The average Bonchev–Trinajstić information content (AvgIpc) is 3.18. The fraction of sp³-hybridized carbons (Fsp3) is 0.643. The zero-order chi connectivity index (χ0) is 20.6. The lowest BCUT2D eigenvalue weighted by atomic mass is 10.1. The first-order chi connectivity index (χ1) is 12.3. The van der Waals surface area contributed by atoms with Gasteiger partial charge in [-0.15, -0.1) is 11.3 Å². The van der Waals surface area contributed by atoms with Gasteiger partial charge in [0.25, 0.3) is 11.8 Å². The normalized spacial score (nSPS) is 24.3. The van der Waals surface area contributed by atoms with Crippen LogP contribution in [0.4, 0.5) is 0 Å². The Bertz CT molecular complexity index is 704. The van der Waals surface area contributed by atoms with Crippen LogP contribution >= 0.6 is 11.3 Å². The Labute approximate surface area is 136 Å². The van der Waals surface area contributed by atoms with Gasteiger partial charge in [-0.25, -0.2) is 4.98 Å². The molecule has 0 spiro atoms. The van der Waals surface area contributed by atoms with Gasteiger partial charge in [-0.2, -0.15) is 0 Å². The highest BCUT2D eigenvalue weighted by molar-refractivity contribution is 7.11. The van der Waals surface area contributed by atoms with Crippen molar-refractivity contribution in [2.75, 3.05) is 13.1 Å². The summed E-state index contributed by atoms with van der Waals surface area (Å²) in [6.45, 7) is -4.94. The van der Waals surface area contributed by atoms with E-state index in [9.17, 15) is 14.7 Å². The van der Waals surface area contributed by atoms with Crippen LogP contribution in [0.2, 0.25) is 0 Å². The Hall–Kier alpha value is -1.47. The van der Waals surface area contributed by atoms with E-state index in [1.54, 1.807) is 4.90 Å². The van der Waals surface area contributed by atoms with Crippen molar-refractivity contribution in [3.8, 4) is 0 Å². The quantitative estimate of drug-likeness (QED) is 0.876. The van der Waals surface area contributed by atoms with Gasteiger partial charge in [-0.1, -0.05) is 0 Å². The fourth-order valence-corrected chi connectivity index (χ4v) is 2.85. The standard InChI is InChI=1S/C14H21N3O3S/c1-9-5-4-6-17(9)13(19)10-7-21-12(16-10)11(18)15-8-14(2,3)20/h7,9,20H,4-6,8H2,1-3H3,(H,15,18)/t9-/m0/s1/i2D3,3D3. The molecule has 1 saturated heterocycles. The van der Waals surface area contributed by atoms with Gasteiger partial charge in [-0.05, 0) is 33.5 Å². The molecule has 1 aromatic rings. The summed E-state index contributed by atoms with van der Waals surface area (Å²) in [7, 11) is 0. The van der Waals surface area contributed by atoms with Gasteiger partial charge in [0.05, 0.1) is 5.60 Å². The number of thiazole rings is 1. The number of aliphatic hydroxyl groups is 1. The first-order valence-corrected chi connectivity index (χ1v) is 7.43.